The average molecular weight is 159 g/mol. The molecule has 0 rings (SSSR count). The maximum atomic E-state index is 10.3. The summed E-state index contributed by atoms with van der Waals surface area (Å²) in [6.07, 6.45) is 1.34. The van der Waals surface area contributed by atoms with E-state index >= 15 is 0 Å². The Labute approximate surface area is 65.8 Å². The van der Waals surface area contributed by atoms with Gasteiger partial charge in [0, 0.05) is 6.04 Å². The fourth-order valence-corrected chi connectivity index (χ4v) is 0.688. The van der Waals surface area contributed by atoms with Crippen molar-refractivity contribution in [1.82, 2.24) is 4.90 Å². The van der Waals surface area contributed by atoms with Crippen molar-refractivity contribution in [3.8, 4) is 0 Å². The first-order chi connectivity index (χ1) is 5.11. The Morgan fingerprint density at radius 1 is 1.73 bits per heavy atom. The molecule has 4 nitrogen and oxygen atoms in total. The van der Waals surface area contributed by atoms with E-state index < -0.39 is 5.97 Å². The number of carboxylic acids is 1. The van der Waals surface area contributed by atoms with Crippen LogP contribution in [0.1, 0.15) is 20.3 Å². The van der Waals surface area contributed by atoms with Crippen LogP contribution in [0.4, 0.5) is 0 Å². The van der Waals surface area contributed by atoms with Crippen molar-refractivity contribution in [2.75, 3.05) is 6.54 Å². The van der Waals surface area contributed by atoms with Crippen molar-refractivity contribution in [3.05, 3.63) is 0 Å². The molecule has 0 bridgehead atoms. The first-order valence-electron chi connectivity index (χ1n) is 3.54. The third-order valence-corrected chi connectivity index (χ3v) is 1.61. The summed E-state index contributed by atoms with van der Waals surface area (Å²) in [6.45, 7) is 3.51. The second-order valence-corrected chi connectivity index (χ2v) is 2.43. The maximum Gasteiger partial charge on any atom is 0.323 e. The number of hydrogen-bond donors (Lipinski definition) is 1. The highest BCUT2D eigenvalue weighted by atomic mass is 16.4. The average Bonchev–Trinajstić information content (AvgIpc) is 1.98. The summed E-state index contributed by atoms with van der Waals surface area (Å²) >= 11 is 0. The number of rotatable bonds is 5. The second kappa shape index (κ2) is 4.71. The van der Waals surface area contributed by atoms with Gasteiger partial charge >= 0.3 is 5.97 Å². The minimum Gasteiger partial charge on any atom is -0.480 e. The number of carbonyl (C=O) groups excluding carboxylic acids is 1. The molecule has 64 valence electrons. The molecule has 0 aliphatic rings. The van der Waals surface area contributed by atoms with Gasteiger partial charge in [-0.3, -0.25) is 9.59 Å². The summed E-state index contributed by atoms with van der Waals surface area (Å²) in [7, 11) is 0. The molecule has 1 amide bonds. The molecule has 0 aromatic carbocycles. The van der Waals surface area contributed by atoms with Gasteiger partial charge in [-0.25, -0.2) is 0 Å². The van der Waals surface area contributed by atoms with E-state index in [1.165, 1.54) is 4.90 Å². The van der Waals surface area contributed by atoms with E-state index in [4.69, 9.17) is 5.11 Å². The van der Waals surface area contributed by atoms with E-state index in [1.54, 1.807) is 0 Å². The van der Waals surface area contributed by atoms with E-state index in [9.17, 15) is 9.59 Å². The lowest BCUT2D eigenvalue weighted by Crippen LogP contribution is -2.35. The summed E-state index contributed by atoms with van der Waals surface area (Å²) < 4.78 is 0. The number of carboxylic acid groups (broad SMARTS) is 1. The zero-order valence-electron chi connectivity index (χ0n) is 6.78. The number of nitrogens with zero attached hydrogens (tertiary/aromatic N) is 1. The number of hydrogen-bond acceptors (Lipinski definition) is 2. The Morgan fingerprint density at radius 3 is 2.55 bits per heavy atom. The summed E-state index contributed by atoms with van der Waals surface area (Å²) in [6, 6.07) is 0.00333. The molecule has 0 radical (unpaired) electrons. The van der Waals surface area contributed by atoms with Crippen molar-refractivity contribution in [2.24, 2.45) is 0 Å². The van der Waals surface area contributed by atoms with Crippen molar-refractivity contribution in [2.45, 2.75) is 26.3 Å². The molecule has 0 spiro atoms. The van der Waals surface area contributed by atoms with Crippen molar-refractivity contribution in [3.63, 3.8) is 0 Å². The van der Waals surface area contributed by atoms with Crippen LogP contribution in [0.3, 0.4) is 0 Å². The van der Waals surface area contributed by atoms with E-state index in [1.807, 2.05) is 13.8 Å². The predicted molar refractivity (Wildman–Crippen MR) is 40.2 cm³/mol. The Hall–Kier alpha value is -1.06. The van der Waals surface area contributed by atoms with Crippen molar-refractivity contribution in [1.29, 1.82) is 0 Å². The first kappa shape index (κ1) is 9.94. The summed E-state index contributed by atoms with van der Waals surface area (Å²) in [5.41, 5.74) is 0. The molecule has 0 aliphatic carbocycles. The molecule has 0 heterocycles. The third kappa shape index (κ3) is 3.60. The van der Waals surface area contributed by atoms with Crippen LogP contribution < -0.4 is 0 Å². The minimum absolute atomic E-state index is 0.00333. The maximum absolute atomic E-state index is 10.3. The molecule has 0 saturated carbocycles. The lowest BCUT2D eigenvalue weighted by atomic mass is 10.2. The predicted octanol–water partition coefficient (Wildman–Crippen LogP) is 0.328. The zero-order chi connectivity index (χ0) is 8.85. The molecule has 1 unspecified atom stereocenters. The highest BCUT2D eigenvalue weighted by Crippen LogP contribution is 1.98. The highest BCUT2D eigenvalue weighted by molar-refractivity contribution is 5.72. The van der Waals surface area contributed by atoms with Crippen LogP contribution in [0, 0.1) is 0 Å². The molecule has 0 fully saturated rings. The number of aliphatic carboxylic acids is 1. The number of amides is 1. The SMILES string of the molecule is CCC(C)N(C=O)CC(=O)O. The normalized spacial score (nSPS) is 12.2. The van der Waals surface area contributed by atoms with Gasteiger partial charge in [0.1, 0.15) is 6.54 Å². The molecule has 1 N–H and O–H groups in total. The summed E-state index contributed by atoms with van der Waals surface area (Å²) in [5.74, 6) is -0.975. The molecule has 4 heteroatoms. The third-order valence-electron chi connectivity index (χ3n) is 1.61. The standard InChI is InChI=1S/C7H13NO3/c1-3-6(2)8(5-9)4-7(10)11/h5-6H,3-4H2,1-2H3,(H,10,11). The van der Waals surface area contributed by atoms with Crippen molar-refractivity contribution >= 4 is 12.4 Å². The fourth-order valence-electron chi connectivity index (χ4n) is 0.688. The second-order valence-electron chi connectivity index (χ2n) is 2.43. The van der Waals surface area contributed by atoms with Gasteiger partial charge in [-0.15, -0.1) is 0 Å². The van der Waals surface area contributed by atoms with Gasteiger partial charge in [0.05, 0.1) is 0 Å². The lowest BCUT2D eigenvalue weighted by Gasteiger charge is -2.21. The van der Waals surface area contributed by atoms with Crippen LogP contribution >= 0.6 is 0 Å². The summed E-state index contributed by atoms with van der Waals surface area (Å²) in [5, 5.41) is 8.36. The highest BCUT2D eigenvalue weighted by Gasteiger charge is 2.11. The van der Waals surface area contributed by atoms with E-state index in [0.29, 0.717) is 6.41 Å². The van der Waals surface area contributed by atoms with Gasteiger partial charge in [-0.05, 0) is 13.3 Å². The van der Waals surface area contributed by atoms with E-state index in [0.717, 1.165) is 6.42 Å². The van der Waals surface area contributed by atoms with Gasteiger partial charge in [0.15, 0.2) is 0 Å². The Morgan fingerprint density at radius 2 is 2.27 bits per heavy atom. The van der Waals surface area contributed by atoms with Crippen LogP contribution in [0.2, 0.25) is 0 Å². The van der Waals surface area contributed by atoms with Gasteiger partial charge in [0.2, 0.25) is 6.41 Å². The Kier molecular flexibility index (Phi) is 4.26. The van der Waals surface area contributed by atoms with E-state index in [-0.39, 0.29) is 12.6 Å². The Bertz CT molecular complexity index is 147. The van der Waals surface area contributed by atoms with Gasteiger partial charge in [-0.2, -0.15) is 0 Å². The van der Waals surface area contributed by atoms with Gasteiger partial charge in [-0.1, -0.05) is 6.92 Å². The minimum atomic E-state index is -0.975. The molecule has 0 saturated heterocycles. The lowest BCUT2D eigenvalue weighted by molar-refractivity contribution is -0.141. The summed E-state index contributed by atoms with van der Waals surface area (Å²) in [4.78, 5) is 21.8. The Balaban J connectivity index is 3.94. The number of carbonyl (C=O) groups is 2. The first-order valence-corrected chi connectivity index (χ1v) is 3.54. The van der Waals surface area contributed by atoms with Crippen LogP contribution in [-0.4, -0.2) is 35.0 Å². The van der Waals surface area contributed by atoms with Crippen LogP contribution in [0.25, 0.3) is 0 Å². The quantitative estimate of drug-likeness (QED) is 0.588. The van der Waals surface area contributed by atoms with Crippen LogP contribution in [0.15, 0.2) is 0 Å². The molecule has 11 heavy (non-hydrogen) atoms. The zero-order valence-corrected chi connectivity index (χ0v) is 6.78. The van der Waals surface area contributed by atoms with Gasteiger partial charge < -0.3 is 10.0 Å². The topological polar surface area (TPSA) is 57.6 Å². The van der Waals surface area contributed by atoms with Crippen LogP contribution in [0.5, 0.6) is 0 Å². The van der Waals surface area contributed by atoms with Gasteiger partial charge in [0.25, 0.3) is 0 Å². The van der Waals surface area contributed by atoms with E-state index in [2.05, 4.69) is 0 Å². The molecular weight excluding hydrogens is 146 g/mol. The molecule has 0 aliphatic heterocycles. The largest absolute Gasteiger partial charge is 0.480 e. The monoisotopic (exact) mass is 159 g/mol. The molecule has 1 atom stereocenters. The van der Waals surface area contributed by atoms with Crippen molar-refractivity contribution < 1.29 is 14.7 Å². The fraction of sp³-hybridized carbons (Fsp3) is 0.714. The molecule has 0 aromatic heterocycles. The smallest absolute Gasteiger partial charge is 0.323 e. The molecular formula is C7H13NO3. The molecule has 0 aromatic rings. The van der Waals surface area contributed by atoms with Crippen LogP contribution in [-0.2, 0) is 9.59 Å².